The Labute approximate surface area is 143 Å². The van der Waals surface area contributed by atoms with Crippen LogP contribution in [0.2, 0.25) is 5.15 Å². The van der Waals surface area contributed by atoms with Gasteiger partial charge < -0.3 is 4.42 Å². The van der Waals surface area contributed by atoms with E-state index in [0.717, 1.165) is 5.56 Å². The van der Waals surface area contributed by atoms with Gasteiger partial charge in [-0.15, -0.1) is 0 Å². The monoisotopic (exact) mass is 347 g/mol. The number of rotatable bonds is 5. The molecule has 3 heterocycles. The Morgan fingerprint density at radius 1 is 1.54 bits per heavy atom. The predicted octanol–water partition coefficient (Wildman–Crippen LogP) is 2.50. The average Bonchev–Trinajstić information content (AvgIpc) is 3.18. The van der Waals surface area contributed by atoms with E-state index in [4.69, 9.17) is 16.0 Å². The maximum atomic E-state index is 11.6. The van der Waals surface area contributed by atoms with Crippen molar-refractivity contribution in [1.82, 2.24) is 9.88 Å². The molecule has 7 nitrogen and oxygen atoms in total. The molecule has 0 fully saturated rings. The summed E-state index contributed by atoms with van der Waals surface area (Å²) in [6.45, 7) is 1.92. The third-order valence-electron chi connectivity index (χ3n) is 3.78. The van der Waals surface area contributed by atoms with E-state index in [1.54, 1.807) is 24.4 Å². The molecule has 0 aromatic carbocycles. The summed E-state index contributed by atoms with van der Waals surface area (Å²) in [5, 5.41) is 12.0. The summed E-state index contributed by atoms with van der Waals surface area (Å²) < 4.78 is 7.10. The minimum atomic E-state index is -0.382. The fourth-order valence-electron chi connectivity index (χ4n) is 2.66. The van der Waals surface area contributed by atoms with Crippen LogP contribution in [-0.2, 0) is 6.54 Å². The van der Waals surface area contributed by atoms with Gasteiger partial charge in [-0.3, -0.25) is 14.7 Å². The summed E-state index contributed by atoms with van der Waals surface area (Å²) in [6, 6.07) is 6.97. The van der Waals surface area contributed by atoms with Crippen LogP contribution in [0, 0.1) is 10.1 Å². The molecule has 0 bridgehead atoms. The quantitative estimate of drug-likeness (QED) is 0.359. The van der Waals surface area contributed by atoms with Gasteiger partial charge in [0.05, 0.1) is 24.3 Å². The van der Waals surface area contributed by atoms with Crippen molar-refractivity contribution in [3.05, 3.63) is 69.0 Å². The van der Waals surface area contributed by atoms with Gasteiger partial charge in [-0.1, -0.05) is 17.7 Å². The second kappa shape index (κ2) is 6.84. The number of pyridine rings is 1. The van der Waals surface area contributed by atoms with Crippen molar-refractivity contribution < 1.29 is 13.9 Å². The van der Waals surface area contributed by atoms with E-state index < -0.39 is 0 Å². The molecule has 3 rings (SSSR count). The Balaban J connectivity index is 1.91. The van der Waals surface area contributed by atoms with Crippen molar-refractivity contribution in [1.29, 1.82) is 0 Å². The van der Waals surface area contributed by atoms with E-state index in [-0.39, 0.29) is 10.6 Å². The number of likely N-dealkylation sites (N-methyl/N-ethyl adjacent to an activating group) is 1. The van der Waals surface area contributed by atoms with Crippen LogP contribution in [0.4, 0.5) is 0 Å². The Hall–Kier alpha value is -2.67. The topological polar surface area (TPSA) is 75.4 Å². The zero-order valence-corrected chi connectivity index (χ0v) is 13.8. The summed E-state index contributed by atoms with van der Waals surface area (Å²) in [6.07, 6.45) is 4.62. The summed E-state index contributed by atoms with van der Waals surface area (Å²) in [5.74, 6) is 1.01. The van der Waals surface area contributed by atoms with Crippen LogP contribution >= 0.6 is 11.6 Å². The van der Waals surface area contributed by atoms with Crippen LogP contribution in [0.1, 0.15) is 11.3 Å². The minimum absolute atomic E-state index is 0.00636. The van der Waals surface area contributed by atoms with Gasteiger partial charge in [0.2, 0.25) is 0 Å². The second-order valence-electron chi connectivity index (χ2n) is 5.46. The number of nitro groups is 1. The van der Waals surface area contributed by atoms with E-state index in [9.17, 15) is 10.1 Å². The highest BCUT2D eigenvalue weighted by Crippen LogP contribution is 2.17. The highest BCUT2D eigenvalue weighted by molar-refractivity contribution is 6.29. The molecule has 0 amide bonds. The first-order valence-corrected chi connectivity index (χ1v) is 7.76. The number of amidine groups is 1. The molecule has 0 saturated carbocycles. The maximum Gasteiger partial charge on any atom is 0.360 e. The lowest BCUT2D eigenvalue weighted by Crippen LogP contribution is -2.32. The van der Waals surface area contributed by atoms with Crippen molar-refractivity contribution >= 4 is 23.5 Å². The van der Waals surface area contributed by atoms with Gasteiger partial charge in [0.25, 0.3) is 0 Å². The molecule has 1 aliphatic heterocycles. The van der Waals surface area contributed by atoms with E-state index in [2.05, 4.69) is 4.98 Å². The van der Waals surface area contributed by atoms with Crippen LogP contribution in [0.25, 0.3) is 6.08 Å². The Kier molecular flexibility index (Phi) is 4.61. The standard InChI is InChI=1S/C16H16ClN4O3/c1-19-6-7-20(11-12-4-5-15(17)18-10-12)16(19)14(21(22)23)9-13-3-2-8-24-13/h2-5,8-10H,6-7,11H2,1H3/q+1/b14-9+. The summed E-state index contributed by atoms with van der Waals surface area (Å²) in [7, 11) is 1.84. The number of halogens is 1. The lowest BCUT2D eigenvalue weighted by Gasteiger charge is -2.11. The molecular weight excluding hydrogens is 332 g/mol. The van der Waals surface area contributed by atoms with Crippen LogP contribution in [0.15, 0.2) is 46.8 Å². The van der Waals surface area contributed by atoms with E-state index in [0.29, 0.717) is 36.4 Å². The molecule has 2 aromatic rings. The van der Waals surface area contributed by atoms with Crippen LogP contribution in [0.5, 0.6) is 0 Å². The normalized spacial score (nSPS) is 15.2. The summed E-state index contributed by atoms with van der Waals surface area (Å²) >= 11 is 5.80. The van der Waals surface area contributed by atoms with Crippen LogP contribution in [0.3, 0.4) is 0 Å². The number of hydrogen-bond acceptors (Lipinski definition) is 5. The lowest BCUT2D eigenvalue weighted by atomic mass is 10.2. The first-order chi connectivity index (χ1) is 11.5. The molecule has 2 aromatic heterocycles. The number of aromatic nitrogens is 1. The molecule has 8 heteroatoms. The first-order valence-electron chi connectivity index (χ1n) is 7.38. The zero-order chi connectivity index (χ0) is 17.1. The fraction of sp³-hybridized carbons (Fsp3) is 0.250. The van der Waals surface area contributed by atoms with Crippen LogP contribution < -0.4 is 0 Å². The lowest BCUT2D eigenvalue weighted by molar-refractivity contribution is -0.496. The largest absolute Gasteiger partial charge is 0.465 e. The molecule has 0 aliphatic carbocycles. The molecule has 0 spiro atoms. The van der Waals surface area contributed by atoms with Gasteiger partial charge in [0.1, 0.15) is 30.5 Å². The highest BCUT2D eigenvalue weighted by atomic mass is 35.5. The van der Waals surface area contributed by atoms with Gasteiger partial charge in [-0.2, -0.15) is 0 Å². The second-order valence-corrected chi connectivity index (χ2v) is 5.85. The van der Waals surface area contributed by atoms with Crippen molar-refractivity contribution in [2.24, 2.45) is 0 Å². The molecule has 1 aliphatic rings. The van der Waals surface area contributed by atoms with E-state index in [1.165, 1.54) is 12.3 Å². The van der Waals surface area contributed by atoms with Gasteiger partial charge in [-0.05, 0) is 18.2 Å². The smallest absolute Gasteiger partial charge is 0.360 e. The Morgan fingerprint density at radius 3 is 3.00 bits per heavy atom. The molecule has 0 N–H and O–H groups in total. The van der Waals surface area contributed by atoms with Crippen molar-refractivity contribution in [2.45, 2.75) is 6.54 Å². The van der Waals surface area contributed by atoms with Gasteiger partial charge in [0, 0.05) is 11.8 Å². The molecule has 0 radical (unpaired) electrons. The average molecular weight is 348 g/mol. The third kappa shape index (κ3) is 3.46. The molecule has 0 unspecified atom stereocenters. The third-order valence-corrected chi connectivity index (χ3v) is 4.00. The fourth-order valence-corrected chi connectivity index (χ4v) is 2.77. The zero-order valence-electron chi connectivity index (χ0n) is 13.1. The minimum Gasteiger partial charge on any atom is -0.465 e. The maximum absolute atomic E-state index is 11.6. The molecule has 0 atom stereocenters. The SMILES string of the molecule is C[N+]1=C(/C(=C\c2ccco2)[N+](=O)[O-])N(Cc2ccc(Cl)nc2)CC1. The van der Waals surface area contributed by atoms with Crippen molar-refractivity contribution in [3.63, 3.8) is 0 Å². The molecule has 24 heavy (non-hydrogen) atoms. The van der Waals surface area contributed by atoms with Crippen molar-refractivity contribution in [2.75, 3.05) is 20.1 Å². The summed E-state index contributed by atoms with van der Waals surface area (Å²) in [5.41, 5.74) is 0.944. The predicted molar refractivity (Wildman–Crippen MR) is 89.4 cm³/mol. The first kappa shape index (κ1) is 16.2. The van der Waals surface area contributed by atoms with Gasteiger partial charge in [0.15, 0.2) is 0 Å². The number of nitrogens with zero attached hydrogens (tertiary/aromatic N) is 4. The Bertz CT molecular complexity index is 797. The molecular formula is C16H16ClN4O3+. The Morgan fingerprint density at radius 2 is 2.38 bits per heavy atom. The van der Waals surface area contributed by atoms with Gasteiger partial charge >= 0.3 is 11.5 Å². The van der Waals surface area contributed by atoms with E-state index in [1.807, 2.05) is 22.6 Å². The molecule has 124 valence electrons. The van der Waals surface area contributed by atoms with Crippen LogP contribution in [-0.4, -0.2) is 45.4 Å². The van der Waals surface area contributed by atoms with Crippen molar-refractivity contribution in [3.8, 4) is 0 Å². The number of furan rings is 1. The number of hydrogen-bond donors (Lipinski definition) is 0. The highest BCUT2D eigenvalue weighted by Gasteiger charge is 2.39. The molecule has 0 saturated heterocycles. The summed E-state index contributed by atoms with van der Waals surface area (Å²) in [4.78, 5) is 17.2. The van der Waals surface area contributed by atoms with Gasteiger partial charge in [-0.25, -0.2) is 9.88 Å². The van der Waals surface area contributed by atoms with E-state index >= 15 is 0 Å².